The molecule has 0 aliphatic carbocycles. The molecule has 0 aliphatic rings. The summed E-state index contributed by atoms with van der Waals surface area (Å²) in [7, 11) is 0. The van der Waals surface area contributed by atoms with E-state index in [-0.39, 0.29) is 10.6 Å². The van der Waals surface area contributed by atoms with Gasteiger partial charge in [-0.3, -0.25) is 10.1 Å². The number of hydrogen-bond acceptors (Lipinski definition) is 2. The Morgan fingerprint density at radius 2 is 1.86 bits per heavy atom. The Labute approximate surface area is 122 Å². The summed E-state index contributed by atoms with van der Waals surface area (Å²) < 4.78 is 2.19. The highest BCUT2D eigenvalue weighted by Gasteiger charge is 2.14. The second-order valence-corrected chi connectivity index (χ2v) is 5.05. The van der Waals surface area contributed by atoms with Gasteiger partial charge in [-0.15, -0.1) is 6.58 Å². The van der Waals surface area contributed by atoms with Crippen molar-refractivity contribution in [2.75, 3.05) is 0 Å². The Morgan fingerprint density at radius 1 is 1.19 bits per heavy atom. The molecule has 0 aliphatic heterocycles. The number of rotatable bonds is 4. The molecule has 0 amide bonds. The number of allylic oxidation sites excluding steroid dienone is 1. The molecule has 0 saturated heterocycles. The molecule has 1 heterocycles. The van der Waals surface area contributed by atoms with Crippen LogP contribution in [0, 0.1) is 10.1 Å². The summed E-state index contributed by atoms with van der Waals surface area (Å²) in [5.74, 6) is 0. The average Bonchev–Trinajstić information content (AvgIpc) is 2.80. The van der Waals surface area contributed by atoms with Crippen LogP contribution >= 0.6 is 0 Å². The molecule has 0 N–H and O–H groups in total. The SMILES string of the molecule is C=CCc1ccc2c(c1)c1cc([N+](=O)[O-])ccc1n2CC. The molecular weight excluding hydrogens is 264 g/mol. The number of hydrogen-bond donors (Lipinski definition) is 0. The van der Waals surface area contributed by atoms with Gasteiger partial charge in [-0.25, -0.2) is 0 Å². The lowest BCUT2D eigenvalue weighted by Crippen LogP contribution is -1.93. The van der Waals surface area contributed by atoms with Crippen molar-refractivity contribution in [2.24, 2.45) is 0 Å². The number of nitrogens with zero attached hydrogens (tertiary/aromatic N) is 2. The maximum atomic E-state index is 11.0. The Bertz CT molecular complexity index is 862. The number of fused-ring (bicyclic) bond motifs is 3. The van der Waals surface area contributed by atoms with Crippen molar-refractivity contribution in [1.29, 1.82) is 0 Å². The van der Waals surface area contributed by atoms with Crippen LogP contribution < -0.4 is 0 Å². The van der Waals surface area contributed by atoms with Gasteiger partial charge in [0.2, 0.25) is 0 Å². The topological polar surface area (TPSA) is 48.1 Å². The van der Waals surface area contributed by atoms with E-state index in [1.165, 1.54) is 5.56 Å². The average molecular weight is 280 g/mol. The van der Waals surface area contributed by atoms with Gasteiger partial charge in [-0.1, -0.05) is 12.1 Å². The smallest absolute Gasteiger partial charge is 0.270 e. The lowest BCUT2D eigenvalue weighted by molar-refractivity contribution is -0.384. The molecule has 21 heavy (non-hydrogen) atoms. The van der Waals surface area contributed by atoms with Crippen LogP contribution in [-0.2, 0) is 13.0 Å². The number of aromatic nitrogens is 1. The highest BCUT2D eigenvalue weighted by atomic mass is 16.6. The van der Waals surface area contributed by atoms with Gasteiger partial charge in [0.15, 0.2) is 0 Å². The molecule has 2 aromatic carbocycles. The standard InChI is InChI=1S/C17H16N2O2/c1-3-5-12-6-8-16-14(10-12)15-11-13(19(20)21)7-9-17(15)18(16)4-2/h3,6-11H,1,4-5H2,2H3. The van der Waals surface area contributed by atoms with Crippen LogP contribution in [0.5, 0.6) is 0 Å². The second kappa shape index (κ2) is 5.05. The summed E-state index contributed by atoms with van der Waals surface area (Å²) in [6.07, 6.45) is 2.66. The maximum Gasteiger partial charge on any atom is 0.270 e. The van der Waals surface area contributed by atoms with Crippen LogP contribution in [-0.4, -0.2) is 9.49 Å². The molecule has 106 valence electrons. The number of nitro groups is 1. The zero-order valence-corrected chi connectivity index (χ0v) is 11.9. The molecule has 4 nitrogen and oxygen atoms in total. The van der Waals surface area contributed by atoms with Crippen LogP contribution in [0.2, 0.25) is 0 Å². The fourth-order valence-corrected chi connectivity index (χ4v) is 2.89. The van der Waals surface area contributed by atoms with Crippen molar-refractivity contribution in [3.05, 3.63) is 64.7 Å². The molecule has 0 radical (unpaired) electrons. The zero-order chi connectivity index (χ0) is 15.0. The number of benzene rings is 2. The van der Waals surface area contributed by atoms with Gasteiger partial charge in [-0.2, -0.15) is 0 Å². The van der Waals surface area contributed by atoms with E-state index in [1.54, 1.807) is 12.1 Å². The lowest BCUT2D eigenvalue weighted by Gasteiger charge is -2.03. The molecule has 0 unspecified atom stereocenters. The number of nitro benzene ring substituents is 1. The number of non-ortho nitro benzene ring substituents is 1. The molecule has 0 spiro atoms. The van der Waals surface area contributed by atoms with Gasteiger partial charge >= 0.3 is 0 Å². The minimum Gasteiger partial charge on any atom is -0.341 e. The van der Waals surface area contributed by atoms with Gasteiger partial charge in [0.1, 0.15) is 0 Å². The predicted octanol–water partition coefficient (Wildman–Crippen LogP) is 4.45. The van der Waals surface area contributed by atoms with Gasteiger partial charge in [0.25, 0.3) is 5.69 Å². The number of aryl methyl sites for hydroxylation is 1. The lowest BCUT2D eigenvalue weighted by atomic mass is 10.1. The van der Waals surface area contributed by atoms with E-state index in [0.29, 0.717) is 0 Å². The van der Waals surface area contributed by atoms with Crippen LogP contribution in [0.25, 0.3) is 21.8 Å². The molecular formula is C17H16N2O2. The van der Waals surface area contributed by atoms with Crippen molar-refractivity contribution >= 4 is 27.5 Å². The molecule has 3 aromatic rings. The first-order chi connectivity index (χ1) is 10.2. The summed E-state index contributed by atoms with van der Waals surface area (Å²) in [5, 5.41) is 13.0. The first kappa shape index (κ1) is 13.4. The molecule has 0 saturated carbocycles. The summed E-state index contributed by atoms with van der Waals surface area (Å²) in [4.78, 5) is 10.7. The van der Waals surface area contributed by atoms with E-state index in [9.17, 15) is 10.1 Å². The highest BCUT2D eigenvalue weighted by Crippen LogP contribution is 2.32. The van der Waals surface area contributed by atoms with Crippen molar-refractivity contribution < 1.29 is 4.92 Å². The Hall–Kier alpha value is -2.62. The van der Waals surface area contributed by atoms with Crippen molar-refractivity contribution in [1.82, 2.24) is 4.57 Å². The van der Waals surface area contributed by atoms with Crippen LogP contribution in [0.3, 0.4) is 0 Å². The maximum absolute atomic E-state index is 11.0. The minimum absolute atomic E-state index is 0.131. The second-order valence-electron chi connectivity index (χ2n) is 5.05. The molecule has 0 atom stereocenters. The van der Waals surface area contributed by atoms with Gasteiger partial charge in [0.05, 0.1) is 4.92 Å². The van der Waals surface area contributed by atoms with Gasteiger partial charge in [-0.05, 0) is 37.1 Å². The Kier molecular flexibility index (Phi) is 3.22. The summed E-state index contributed by atoms with van der Waals surface area (Å²) in [6, 6.07) is 11.4. The zero-order valence-electron chi connectivity index (χ0n) is 11.9. The summed E-state index contributed by atoms with van der Waals surface area (Å²) >= 11 is 0. The first-order valence-electron chi connectivity index (χ1n) is 6.96. The van der Waals surface area contributed by atoms with Crippen LogP contribution in [0.1, 0.15) is 12.5 Å². The third kappa shape index (κ3) is 2.09. The van der Waals surface area contributed by atoms with Crippen molar-refractivity contribution in [3.8, 4) is 0 Å². The summed E-state index contributed by atoms with van der Waals surface area (Å²) in [5.41, 5.74) is 3.44. The van der Waals surface area contributed by atoms with E-state index >= 15 is 0 Å². The molecule has 0 fully saturated rings. The first-order valence-corrected chi connectivity index (χ1v) is 6.96. The fourth-order valence-electron chi connectivity index (χ4n) is 2.89. The highest BCUT2D eigenvalue weighted by molar-refractivity contribution is 6.09. The molecule has 1 aromatic heterocycles. The van der Waals surface area contributed by atoms with Crippen molar-refractivity contribution in [2.45, 2.75) is 19.9 Å². The van der Waals surface area contributed by atoms with E-state index < -0.39 is 0 Å². The van der Waals surface area contributed by atoms with Crippen LogP contribution in [0.4, 0.5) is 5.69 Å². The predicted molar refractivity (Wildman–Crippen MR) is 85.7 cm³/mol. The third-order valence-corrected chi connectivity index (χ3v) is 3.82. The Balaban J connectivity index is 2.39. The third-order valence-electron chi connectivity index (χ3n) is 3.82. The van der Waals surface area contributed by atoms with Crippen LogP contribution in [0.15, 0.2) is 49.1 Å². The largest absolute Gasteiger partial charge is 0.341 e. The quantitative estimate of drug-likeness (QED) is 0.402. The van der Waals surface area contributed by atoms with E-state index in [1.807, 2.05) is 12.1 Å². The molecule has 4 heteroatoms. The van der Waals surface area contributed by atoms with Gasteiger partial charge < -0.3 is 4.57 Å². The van der Waals surface area contributed by atoms with E-state index in [4.69, 9.17) is 0 Å². The van der Waals surface area contributed by atoms with E-state index in [2.05, 4.69) is 36.3 Å². The fraction of sp³-hybridized carbons (Fsp3) is 0.176. The summed E-state index contributed by atoms with van der Waals surface area (Å²) in [6.45, 7) is 6.68. The Morgan fingerprint density at radius 3 is 2.48 bits per heavy atom. The molecule has 3 rings (SSSR count). The van der Waals surface area contributed by atoms with Gasteiger partial charge in [0, 0.05) is 40.5 Å². The van der Waals surface area contributed by atoms with E-state index in [0.717, 1.165) is 34.8 Å². The van der Waals surface area contributed by atoms with Crippen molar-refractivity contribution in [3.63, 3.8) is 0 Å². The molecule has 0 bridgehead atoms. The normalized spacial score (nSPS) is 11.1. The minimum atomic E-state index is -0.345. The monoisotopic (exact) mass is 280 g/mol.